The fraction of sp³-hybridized carbons (Fsp3) is 0.765. The smallest absolute Gasteiger partial charge is 0.329 e. The molecule has 1 amide bonds. The average molecular weight is 900 g/mol. The molecule has 1 aliphatic carbocycles. The number of methoxy groups -OCH3 is 3. The molecule has 2 saturated heterocycles. The third-order valence-corrected chi connectivity index (χ3v) is 14.5. The van der Waals surface area contributed by atoms with Crippen LogP contribution in [0.2, 0.25) is 0 Å². The summed E-state index contributed by atoms with van der Waals surface area (Å²) in [4.78, 5) is 57.9. The molecule has 3 heterocycles. The van der Waals surface area contributed by atoms with Gasteiger partial charge in [0.25, 0.3) is 0 Å². The normalized spacial score (nSPS) is 40.8. The van der Waals surface area contributed by atoms with Gasteiger partial charge in [0, 0.05) is 58.5 Å². The first-order valence-corrected chi connectivity index (χ1v) is 23.9. The van der Waals surface area contributed by atoms with Gasteiger partial charge in [-0.2, -0.15) is 0 Å². The van der Waals surface area contributed by atoms with Crippen LogP contribution in [0, 0.1) is 35.5 Å². The molecule has 0 radical (unpaired) electrons. The van der Waals surface area contributed by atoms with Crippen molar-refractivity contribution in [3.05, 3.63) is 47.6 Å². The van der Waals surface area contributed by atoms with E-state index >= 15 is 0 Å². The average Bonchev–Trinajstić information content (AvgIpc) is 3.26. The first-order valence-electron chi connectivity index (χ1n) is 23.9. The Bertz CT molecular complexity index is 1670. The second kappa shape index (κ2) is 25.2. The van der Waals surface area contributed by atoms with Crippen molar-refractivity contribution in [3.63, 3.8) is 0 Å². The molecule has 3 N–H and O–H groups in total. The van der Waals surface area contributed by atoms with E-state index in [0.717, 1.165) is 12.0 Å². The van der Waals surface area contributed by atoms with Crippen molar-refractivity contribution in [2.75, 3.05) is 27.9 Å². The van der Waals surface area contributed by atoms with Crippen molar-refractivity contribution in [3.8, 4) is 0 Å². The van der Waals surface area contributed by atoms with Crippen LogP contribution in [0.3, 0.4) is 0 Å². The zero-order valence-corrected chi connectivity index (χ0v) is 40.4. The Labute approximate surface area is 383 Å². The minimum atomic E-state index is -1.75. The Morgan fingerprint density at radius 1 is 0.859 bits per heavy atom. The third-order valence-electron chi connectivity index (χ3n) is 14.5. The van der Waals surface area contributed by atoms with Crippen LogP contribution in [0.5, 0.6) is 0 Å². The zero-order valence-electron chi connectivity index (χ0n) is 40.4. The maximum absolute atomic E-state index is 14.4. The van der Waals surface area contributed by atoms with E-state index in [1.165, 1.54) is 12.0 Å². The topological polar surface area (TPSA) is 178 Å². The summed E-state index contributed by atoms with van der Waals surface area (Å²) in [6, 6.07) is -0.903. The molecule has 1 saturated carbocycles. The second-order valence-electron chi connectivity index (χ2n) is 19.7. The van der Waals surface area contributed by atoms with E-state index in [0.29, 0.717) is 76.3 Å². The SMILES string of the molecule is CO[C@H]1C[C@@H]2CC[C@@H](C)[C@](O)(CC(=O)N3CCCC[C@H]3C(=O)O[C@H]([C@H](C)C[C@@H]3CC[C@@H](O)[C@H](OC)C3)CC(=O)[C@H](C)/C=C(\C)[C@@H](O)[C@@H](OC)C(=O)[C@H](C)C[C@H](C)\C=C/C=C/C=C/1C)O2. The van der Waals surface area contributed by atoms with Crippen molar-refractivity contribution >= 4 is 23.4 Å². The lowest BCUT2D eigenvalue weighted by Crippen LogP contribution is -2.55. The van der Waals surface area contributed by atoms with E-state index in [4.69, 9.17) is 23.7 Å². The summed E-state index contributed by atoms with van der Waals surface area (Å²) in [7, 11) is 4.63. The molecule has 362 valence electrons. The Morgan fingerprint density at radius 3 is 2.28 bits per heavy atom. The molecule has 0 unspecified atom stereocenters. The van der Waals surface area contributed by atoms with Crippen LogP contribution in [0.15, 0.2) is 47.6 Å². The van der Waals surface area contributed by atoms with Gasteiger partial charge in [-0.05, 0) is 107 Å². The first kappa shape index (κ1) is 53.6. The van der Waals surface area contributed by atoms with E-state index < -0.39 is 60.0 Å². The van der Waals surface area contributed by atoms with Crippen LogP contribution < -0.4 is 0 Å². The quantitative estimate of drug-likeness (QED) is 0.184. The Kier molecular flexibility index (Phi) is 21.1. The number of carbonyl (C=O) groups excluding carboxylic acids is 4. The summed E-state index contributed by atoms with van der Waals surface area (Å²) in [5.74, 6) is -4.68. The number of allylic oxidation sites excluding steroid dienone is 6. The molecule has 3 fully saturated rings. The molecule has 15 atom stereocenters. The van der Waals surface area contributed by atoms with E-state index in [1.807, 2.05) is 65.0 Å². The summed E-state index contributed by atoms with van der Waals surface area (Å²) in [6.45, 7) is 13.4. The highest BCUT2D eigenvalue weighted by molar-refractivity contribution is 5.87. The number of aliphatic hydroxyl groups excluding tert-OH is 2. The van der Waals surface area contributed by atoms with Crippen molar-refractivity contribution in [1.82, 2.24) is 4.90 Å². The molecule has 0 aromatic carbocycles. The highest BCUT2D eigenvalue weighted by Crippen LogP contribution is 2.39. The number of cyclic esters (lactones) is 1. The zero-order chi connectivity index (χ0) is 47.3. The maximum Gasteiger partial charge on any atom is 0.329 e. The molecule has 4 aliphatic rings. The van der Waals surface area contributed by atoms with Crippen molar-refractivity contribution < 1.29 is 58.2 Å². The first-order chi connectivity index (χ1) is 30.3. The van der Waals surface area contributed by atoms with Gasteiger partial charge in [-0.1, -0.05) is 71.1 Å². The van der Waals surface area contributed by atoms with E-state index in [1.54, 1.807) is 34.1 Å². The molecular weight excluding hydrogens is 819 g/mol. The van der Waals surface area contributed by atoms with Gasteiger partial charge in [-0.15, -0.1) is 0 Å². The summed E-state index contributed by atoms with van der Waals surface area (Å²) >= 11 is 0. The van der Waals surface area contributed by atoms with Gasteiger partial charge in [0.2, 0.25) is 5.91 Å². The minimum absolute atomic E-state index is 0.0492. The molecule has 2 bridgehead atoms. The Hall–Kier alpha value is -3.04. The van der Waals surface area contributed by atoms with Gasteiger partial charge < -0.3 is 43.9 Å². The number of nitrogens with zero attached hydrogens (tertiary/aromatic N) is 1. The summed E-state index contributed by atoms with van der Waals surface area (Å²) < 4.78 is 29.8. The van der Waals surface area contributed by atoms with E-state index in [2.05, 4.69) is 0 Å². The lowest BCUT2D eigenvalue weighted by molar-refractivity contribution is -0.284. The summed E-state index contributed by atoms with van der Waals surface area (Å²) in [6.07, 6.45) is 13.0. The van der Waals surface area contributed by atoms with Gasteiger partial charge in [-0.25, -0.2) is 4.79 Å². The fourth-order valence-electron chi connectivity index (χ4n) is 10.2. The number of esters is 1. The number of amides is 1. The number of hydrogen-bond donors (Lipinski definition) is 3. The van der Waals surface area contributed by atoms with Crippen LogP contribution in [-0.2, 0) is 42.9 Å². The number of piperidine rings is 1. The predicted octanol–water partition coefficient (Wildman–Crippen LogP) is 7.00. The summed E-state index contributed by atoms with van der Waals surface area (Å²) in [5.41, 5.74) is 1.39. The molecule has 13 nitrogen and oxygen atoms in total. The second-order valence-corrected chi connectivity index (χ2v) is 19.7. The number of ketones is 2. The van der Waals surface area contributed by atoms with Crippen molar-refractivity contribution in [2.24, 2.45) is 35.5 Å². The Balaban J connectivity index is 1.67. The molecule has 13 heteroatoms. The number of ether oxygens (including phenoxy) is 5. The number of aliphatic hydroxyl groups is 3. The van der Waals surface area contributed by atoms with Crippen LogP contribution in [0.25, 0.3) is 0 Å². The minimum Gasteiger partial charge on any atom is -0.460 e. The van der Waals surface area contributed by atoms with Crippen LogP contribution in [0.4, 0.5) is 0 Å². The fourth-order valence-corrected chi connectivity index (χ4v) is 10.2. The monoisotopic (exact) mass is 900 g/mol. The van der Waals surface area contributed by atoms with Crippen LogP contribution >= 0.6 is 0 Å². The van der Waals surface area contributed by atoms with E-state index in [-0.39, 0.29) is 66.4 Å². The molecule has 4 rings (SSSR count). The number of rotatable bonds is 6. The lowest BCUT2D eigenvalue weighted by atomic mass is 9.78. The highest BCUT2D eigenvalue weighted by atomic mass is 16.6. The largest absolute Gasteiger partial charge is 0.460 e. The molecule has 64 heavy (non-hydrogen) atoms. The number of hydrogen-bond acceptors (Lipinski definition) is 12. The molecule has 0 spiro atoms. The summed E-state index contributed by atoms with van der Waals surface area (Å²) in [5, 5.41) is 33.9. The molecule has 3 aliphatic heterocycles. The van der Waals surface area contributed by atoms with Crippen molar-refractivity contribution in [2.45, 2.75) is 186 Å². The predicted molar refractivity (Wildman–Crippen MR) is 245 cm³/mol. The van der Waals surface area contributed by atoms with Gasteiger partial charge >= 0.3 is 5.97 Å². The van der Waals surface area contributed by atoms with Gasteiger partial charge in [0.05, 0.1) is 30.8 Å². The Morgan fingerprint density at radius 2 is 1.59 bits per heavy atom. The van der Waals surface area contributed by atoms with E-state index in [9.17, 15) is 34.5 Å². The van der Waals surface area contributed by atoms with Crippen LogP contribution in [-0.4, -0.2) is 126 Å². The van der Waals surface area contributed by atoms with Gasteiger partial charge in [0.15, 0.2) is 11.6 Å². The molecular formula is C51H81NO12. The maximum atomic E-state index is 14.4. The third kappa shape index (κ3) is 14.7. The number of fused-ring (bicyclic) bond motifs is 3. The lowest BCUT2D eigenvalue weighted by Gasteiger charge is -2.44. The number of Topliss-reactive ketones (excluding diaryl/α,β-unsaturated/α-hetero) is 2. The van der Waals surface area contributed by atoms with Crippen molar-refractivity contribution in [1.29, 1.82) is 0 Å². The molecule has 0 aromatic rings. The van der Waals surface area contributed by atoms with Gasteiger partial charge in [-0.3, -0.25) is 14.4 Å². The molecule has 0 aromatic heterocycles. The number of carbonyl (C=O) groups is 4. The van der Waals surface area contributed by atoms with Crippen LogP contribution in [0.1, 0.15) is 132 Å². The standard InChI is InChI=1S/C51H81NO12/c1-31-16-12-11-13-17-32(2)43(60-8)28-39-21-19-37(7)51(59,64-39)30-46(55)52-23-15-14-18-40(52)50(58)63-44(34(4)26-38-20-22-41(53)45(27-38)61-9)29-42(54)33(3)25-36(6)48(57)49(62-10)47(56)35(5)24-31/h11-13,16-17,25,31,33-35,37-41,43-45,48-49,53,57,59H,14-15,18-24,26-30H2,1-10H3/b13-11+,16-12-,32-17+,36-25+/t31-,33-,34-,35-,37-,38+,39+,40+,41-,43+,44+,45-,48-,49+,51+/m1/s1. The highest BCUT2D eigenvalue weighted by Gasteiger charge is 2.46. The van der Waals surface area contributed by atoms with Gasteiger partial charge in [0.1, 0.15) is 30.1 Å².